The SMILES string of the molecule is Cc1cc(C)cc(-c2nc(Cl)nc(OC(C)C)n2)c1. The second-order valence-electron chi connectivity index (χ2n) is 4.75. The summed E-state index contributed by atoms with van der Waals surface area (Å²) in [5.74, 6) is 0.530. The van der Waals surface area contributed by atoms with Crippen LogP contribution in [0, 0.1) is 13.8 Å². The number of aromatic nitrogens is 3. The summed E-state index contributed by atoms with van der Waals surface area (Å²) >= 11 is 5.92. The summed E-state index contributed by atoms with van der Waals surface area (Å²) in [7, 11) is 0. The first-order valence-corrected chi connectivity index (χ1v) is 6.49. The van der Waals surface area contributed by atoms with E-state index in [4.69, 9.17) is 16.3 Å². The van der Waals surface area contributed by atoms with Crippen molar-refractivity contribution in [3.05, 3.63) is 34.6 Å². The number of ether oxygens (including phenoxy) is 1. The van der Waals surface area contributed by atoms with E-state index in [2.05, 4.69) is 21.0 Å². The minimum atomic E-state index is -0.00874. The molecule has 0 fully saturated rings. The molecule has 1 heterocycles. The Kier molecular flexibility index (Phi) is 4.00. The molecule has 0 unspecified atom stereocenters. The van der Waals surface area contributed by atoms with E-state index in [0.29, 0.717) is 5.82 Å². The first kappa shape index (κ1) is 13.7. The van der Waals surface area contributed by atoms with E-state index in [-0.39, 0.29) is 17.4 Å². The van der Waals surface area contributed by atoms with E-state index in [0.717, 1.165) is 16.7 Å². The molecule has 1 aromatic heterocycles. The average Bonchev–Trinajstić information content (AvgIpc) is 2.25. The summed E-state index contributed by atoms with van der Waals surface area (Å²) in [6.07, 6.45) is -0.00874. The molecule has 1 aromatic carbocycles. The van der Waals surface area contributed by atoms with E-state index in [1.54, 1.807) is 0 Å². The van der Waals surface area contributed by atoms with Crippen LogP contribution in [0.2, 0.25) is 5.28 Å². The third-order valence-corrected chi connectivity index (χ3v) is 2.58. The average molecular weight is 278 g/mol. The van der Waals surface area contributed by atoms with Crippen LogP contribution in [0.4, 0.5) is 0 Å². The van der Waals surface area contributed by atoms with Gasteiger partial charge in [0.05, 0.1) is 6.10 Å². The van der Waals surface area contributed by atoms with Crippen LogP contribution in [0.5, 0.6) is 6.01 Å². The van der Waals surface area contributed by atoms with Crippen LogP contribution in [-0.4, -0.2) is 21.1 Å². The summed E-state index contributed by atoms with van der Waals surface area (Å²) in [6.45, 7) is 7.89. The Morgan fingerprint density at radius 2 is 1.63 bits per heavy atom. The molecule has 19 heavy (non-hydrogen) atoms. The van der Waals surface area contributed by atoms with Crippen molar-refractivity contribution in [2.24, 2.45) is 0 Å². The molecule has 4 nitrogen and oxygen atoms in total. The molecule has 0 saturated carbocycles. The molecule has 0 aliphatic heterocycles. The lowest BCUT2D eigenvalue weighted by atomic mass is 10.1. The van der Waals surface area contributed by atoms with Crippen LogP contribution < -0.4 is 4.74 Å². The number of hydrogen-bond donors (Lipinski definition) is 0. The van der Waals surface area contributed by atoms with E-state index < -0.39 is 0 Å². The number of rotatable bonds is 3. The Labute approximate surface area is 117 Å². The summed E-state index contributed by atoms with van der Waals surface area (Å²) in [5.41, 5.74) is 3.21. The Hall–Kier alpha value is -1.68. The molecular weight excluding hydrogens is 262 g/mol. The first-order chi connectivity index (χ1) is 8.94. The van der Waals surface area contributed by atoms with Crippen LogP contribution in [0.25, 0.3) is 11.4 Å². The zero-order valence-electron chi connectivity index (χ0n) is 11.4. The fraction of sp³-hybridized carbons (Fsp3) is 0.357. The van der Waals surface area contributed by atoms with Gasteiger partial charge < -0.3 is 4.74 Å². The monoisotopic (exact) mass is 277 g/mol. The Morgan fingerprint density at radius 3 is 2.21 bits per heavy atom. The van der Waals surface area contributed by atoms with Gasteiger partial charge in [0.2, 0.25) is 5.28 Å². The van der Waals surface area contributed by atoms with Crippen LogP contribution in [0.1, 0.15) is 25.0 Å². The predicted molar refractivity (Wildman–Crippen MR) is 75.5 cm³/mol. The van der Waals surface area contributed by atoms with Gasteiger partial charge in [0.15, 0.2) is 5.82 Å². The lowest BCUT2D eigenvalue weighted by Gasteiger charge is -2.09. The van der Waals surface area contributed by atoms with E-state index >= 15 is 0 Å². The van der Waals surface area contributed by atoms with Gasteiger partial charge in [-0.15, -0.1) is 0 Å². The maximum atomic E-state index is 5.92. The zero-order valence-corrected chi connectivity index (χ0v) is 12.2. The quantitative estimate of drug-likeness (QED) is 0.860. The summed E-state index contributed by atoms with van der Waals surface area (Å²) in [6, 6.07) is 6.37. The zero-order chi connectivity index (χ0) is 14.0. The third-order valence-electron chi connectivity index (χ3n) is 2.41. The van der Waals surface area contributed by atoms with Crippen LogP contribution >= 0.6 is 11.6 Å². The molecule has 0 atom stereocenters. The Morgan fingerprint density at radius 1 is 1.00 bits per heavy atom. The van der Waals surface area contributed by atoms with E-state index in [1.807, 2.05) is 39.8 Å². The van der Waals surface area contributed by atoms with Gasteiger partial charge in [0.1, 0.15) is 0 Å². The smallest absolute Gasteiger partial charge is 0.321 e. The molecule has 0 bridgehead atoms. The topological polar surface area (TPSA) is 47.9 Å². The number of nitrogens with zero attached hydrogens (tertiary/aromatic N) is 3. The van der Waals surface area contributed by atoms with Crippen molar-refractivity contribution >= 4 is 11.6 Å². The lowest BCUT2D eigenvalue weighted by Crippen LogP contribution is -2.09. The van der Waals surface area contributed by atoms with Gasteiger partial charge in [0, 0.05) is 5.56 Å². The maximum absolute atomic E-state index is 5.92. The normalized spacial score (nSPS) is 10.8. The van der Waals surface area contributed by atoms with Gasteiger partial charge in [-0.2, -0.15) is 15.0 Å². The number of benzene rings is 1. The molecule has 0 aliphatic carbocycles. The third kappa shape index (κ3) is 3.64. The number of aryl methyl sites for hydroxylation is 2. The highest BCUT2D eigenvalue weighted by atomic mass is 35.5. The highest BCUT2D eigenvalue weighted by molar-refractivity contribution is 6.28. The molecule has 100 valence electrons. The molecule has 2 aromatic rings. The summed E-state index contributed by atoms with van der Waals surface area (Å²) in [5, 5.41) is 0.139. The molecule has 0 aliphatic rings. The largest absolute Gasteiger partial charge is 0.461 e. The van der Waals surface area contributed by atoms with Crippen LogP contribution in [-0.2, 0) is 0 Å². The van der Waals surface area contributed by atoms with E-state index in [1.165, 1.54) is 0 Å². The molecule has 2 rings (SSSR count). The van der Waals surface area contributed by atoms with Gasteiger partial charge in [0.25, 0.3) is 0 Å². The molecule has 0 saturated heterocycles. The fourth-order valence-corrected chi connectivity index (χ4v) is 1.98. The van der Waals surface area contributed by atoms with Gasteiger partial charge in [-0.1, -0.05) is 17.2 Å². The Bertz CT molecular complexity index is 579. The van der Waals surface area contributed by atoms with Crippen molar-refractivity contribution in [2.45, 2.75) is 33.8 Å². The van der Waals surface area contributed by atoms with Gasteiger partial charge in [-0.05, 0) is 51.4 Å². The molecule has 0 amide bonds. The van der Waals surface area contributed by atoms with Gasteiger partial charge >= 0.3 is 6.01 Å². The summed E-state index contributed by atoms with van der Waals surface area (Å²) < 4.78 is 5.47. The fourth-order valence-electron chi connectivity index (χ4n) is 1.83. The first-order valence-electron chi connectivity index (χ1n) is 6.11. The Balaban J connectivity index is 2.46. The number of hydrogen-bond acceptors (Lipinski definition) is 4. The summed E-state index contributed by atoms with van der Waals surface area (Å²) in [4.78, 5) is 12.4. The maximum Gasteiger partial charge on any atom is 0.321 e. The van der Waals surface area contributed by atoms with Crippen molar-refractivity contribution in [1.29, 1.82) is 0 Å². The van der Waals surface area contributed by atoms with Crippen molar-refractivity contribution in [1.82, 2.24) is 15.0 Å². The highest BCUT2D eigenvalue weighted by Gasteiger charge is 2.10. The minimum absolute atomic E-state index is 0.00874. The van der Waals surface area contributed by atoms with Gasteiger partial charge in [-0.3, -0.25) is 0 Å². The minimum Gasteiger partial charge on any atom is -0.461 e. The van der Waals surface area contributed by atoms with Crippen molar-refractivity contribution < 1.29 is 4.74 Å². The van der Waals surface area contributed by atoms with Crippen molar-refractivity contribution in [3.63, 3.8) is 0 Å². The second-order valence-corrected chi connectivity index (χ2v) is 5.09. The standard InChI is InChI=1S/C14H16ClN3O/c1-8(2)19-14-17-12(16-13(15)18-14)11-6-9(3)5-10(4)7-11/h5-8H,1-4H3. The molecular formula is C14H16ClN3O. The highest BCUT2D eigenvalue weighted by Crippen LogP contribution is 2.21. The number of halogens is 1. The van der Waals surface area contributed by atoms with Crippen molar-refractivity contribution in [3.8, 4) is 17.4 Å². The predicted octanol–water partition coefficient (Wildman–Crippen LogP) is 3.60. The van der Waals surface area contributed by atoms with E-state index in [9.17, 15) is 0 Å². The second kappa shape index (κ2) is 5.53. The van der Waals surface area contributed by atoms with Crippen LogP contribution in [0.3, 0.4) is 0 Å². The molecule has 0 spiro atoms. The van der Waals surface area contributed by atoms with Crippen molar-refractivity contribution in [2.75, 3.05) is 0 Å². The molecule has 5 heteroatoms. The van der Waals surface area contributed by atoms with Crippen LogP contribution in [0.15, 0.2) is 18.2 Å². The lowest BCUT2D eigenvalue weighted by molar-refractivity contribution is 0.222. The van der Waals surface area contributed by atoms with Gasteiger partial charge in [-0.25, -0.2) is 0 Å². The molecule has 0 radical (unpaired) electrons. The molecule has 0 N–H and O–H groups in total.